The summed E-state index contributed by atoms with van der Waals surface area (Å²) in [6.07, 6.45) is 1.04. The van der Waals surface area contributed by atoms with Crippen LogP contribution in [0.15, 0.2) is 24.3 Å². The molecule has 104 valence electrons. The number of hydrogen-bond acceptors (Lipinski definition) is 3. The maximum absolute atomic E-state index is 11.8. The minimum atomic E-state index is -0.970. The van der Waals surface area contributed by atoms with Crippen LogP contribution in [0.2, 0.25) is 0 Å². The maximum atomic E-state index is 11.8. The summed E-state index contributed by atoms with van der Waals surface area (Å²) in [6.45, 7) is 2.46. The number of carboxylic acid groups (broad SMARTS) is 1. The molecule has 0 heterocycles. The van der Waals surface area contributed by atoms with Crippen molar-refractivity contribution in [3.8, 4) is 0 Å². The molecule has 1 rings (SSSR count). The van der Waals surface area contributed by atoms with Gasteiger partial charge in [-0.25, -0.2) is 4.79 Å². The minimum absolute atomic E-state index is 0.00999. The van der Waals surface area contributed by atoms with Gasteiger partial charge in [-0.15, -0.1) is 0 Å². The molecule has 0 aliphatic rings. The number of ether oxygens (including phenoxy) is 1. The predicted octanol–water partition coefficient (Wildman–Crippen LogP) is 1.47. The van der Waals surface area contributed by atoms with Crippen LogP contribution < -0.4 is 5.32 Å². The van der Waals surface area contributed by atoms with Gasteiger partial charge >= 0.3 is 5.97 Å². The van der Waals surface area contributed by atoms with E-state index in [0.717, 1.165) is 12.0 Å². The Kier molecular flexibility index (Phi) is 6.02. The van der Waals surface area contributed by atoms with Crippen molar-refractivity contribution in [2.24, 2.45) is 0 Å². The van der Waals surface area contributed by atoms with Crippen LogP contribution in [0, 0.1) is 0 Å². The van der Waals surface area contributed by atoms with Gasteiger partial charge in [0.15, 0.2) is 0 Å². The van der Waals surface area contributed by atoms with Gasteiger partial charge in [0.25, 0.3) is 0 Å². The lowest BCUT2D eigenvalue weighted by Crippen LogP contribution is -2.38. The van der Waals surface area contributed by atoms with Gasteiger partial charge in [0.05, 0.1) is 24.6 Å². The average Bonchev–Trinajstić information content (AvgIpc) is 2.38. The van der Waals surface area contributed by atoms with E-state index in [1.165, 1.54) is 12.1 Å². The van der Waals surface area contributed by atoms with E-state index in [1.807, 2.05) is 6.92 Å². The van der Waals surface area contributed by atoms with Crippen LogP contribution in [0.1, 0.15) is 29.3 Å². The van der Waals surface area contributed by atoms with E-state index >= 15 is 0 Å². The third-order valence-corrected chi connectivity index (χ3v) is 2.79. The quantitative estimate of drug-likeness (QED) is 0.782. The summed E-state index contributed by atoms with van der Waals surface area (Å²) >= 11 is 0. The first-order chi connectivity index (χ1) is 9.06. The molecule has 0 aliphatic carbocycles. The molecule has 1 amide bonds. The molecule has 1 unspecified atom stereocenters. The summed E-state index contributed by atoms with van der Waals surface area (Å²) in [6, 6.07) is 6.31. The topological polar surface area (TPSA) is 75.6 Å². The molecule has 5 heteroatoms. The maximum Gasteiger partial charge on any atom is 0.335 e. The zero-order valence-electron chi connectivity index (χ0n) is 11.2. The summed E-state index contributed by atoms with van der Waals surface area (Å²) in [5, 5.41) is 11.6. The smallest absolute Gasteiger partial charge is 0.335 e. The van der Waals surface area contributed by atoms with Crippen molar-refractivity contribution < 1.29 is 19.4 Å². The summed E-state index contributed by atoms with van der Waals surface area (Å²) in [4.78, 5) is 22.5. The van der Waals surface area contributed by atoms with Crippen LogP contribution in [-0.4, -0.2) is 36.7 Å². The highest BCUT2D eigenvalue weighted by Crippen LogP contribution is 2.05. The number of nitrogens with one attached hydrogen (secondary N) is 1. The van der Waals surface area contributed by atoms with Crippen molar-refractivity contribution in [3.63, 3.8) is 0 Å². The largest absolute Gasteiger partial charge is 0.478 e. The Morgan fingerprint density at radius 1 is 1.32 bits per heavy atom. The van der Waals surface area contributed by atoms with Crippen molar-refractivity contribution in [2.75, 3.05) is 13.7 Å². The number of methoxy groups -OCH3 is 1. The standard InChI is InChI=1S/C14H19NO4/c1-3-12(9-19-2)15-13(16)8-10-4-6-11(7-5-10)14(17)18/h4-7,12H,3,8-9H2,1-2H3,(H,15,16)(H,17,18). The first-order valence-corrected chi connectivity index (χ1v) is 6.17. The second-order valence-corrected chi connectivity index (χ2v) is 4.31. The second-order valence-electron chi connectivity index (χ2n) is 4.31. The molecule has 5 nitrogen and oxygen atoms in total. The summed E-state index contributed by atoms with van der Waals surface area (Å²) in [5.74, 6) is -1.06. The number of carboxylic acids is 1. The van der Waals surface area contributed by atoms with Crippen LogP contribution >= 0.6 is 0 Å². The summed E-state index contributed by atoms with van der Waals surface area (Å²) in [5.41, 5.74) is 1.00. The fourth-order valence-corrected chi connectivity index (χ4v) is 1.69. The zero-order chi connectivity index (χ0) is 14.3. The fourth-order valence-electron chi connectivity index (χ4n) is 1.69. The molecule has 0 aliphatic heterocycles. The molecule has 0 saturated heterocycles. The molecular formula is C14H19NO4. The van der Waals surface area contributed by atoms with Gasteiger partial charge in [-0.3, -0.25) is 4.79 Å². The number of amides is 1. The Labute approximate surface area is 112 Å². The molecule has 0 spiro atoms. The van der Waals surface area contributed by atoms with Crippen LogP contribution in [0.25, 0.3) is 0 Å². The van der Waals surface area contributed by atoms with Gasteiger partial charge in [-0.05, 0) is 24.1 Å². The van der Waals surface area contributed by atoms with Gasteiger partial charge in [0.1, 0.15) is 0 Å². The molecule has 19 heavy (non-hydrogen) atoms. The Morgan fingerprint density at radius 3 is 2.42 bits per heavy atom. The lowest BCUT2D eigenvalue weighted by Gasteiger charge is -2.15. The van der Waals surface area contributed by atoms with Crippen molar-refractivity contribution in [1.82, 2.24) is 5.32 Å². The average molecular weight is 265 g/mol. The Hall–Kier alpha value is -1.88. The molecule has 0 bridgehead atoms. The summed E-state index contributed by atoms with van der Waals surface area (Å²) < 4.78 is 5.01. The van der Waals surface area contributed by atoms with Gasteiger partial charge in [0, 0.05) is 7.11 Å². The first-order valence-electron chi connectivity index (χ1n) is 6.17. The van der Waals surface area contributed by atoms with E-state index in [4.69, 9.17) is 9.84 Å². The number of hydrogen-bond donors (Lipinski definition) is 2. The Bertz CT molecular complexity index is 428. The van der Waals surface area contributed by atoms with Crippen molar-refractivity contribution in [1.29, 1.82) is 0 Å². The first kappa shape index (κ1) is 15.2. The molecule has 2 N–H and O–H groups in total. The normalized spacial score (nSPS) is 11.9. The zero-order valence-corrected chi connectivity index (χ0v) is 11.2. The number of aromatic carboxylic acids is 1. The number of carbonyl (C=O) groups is 2. The molecule has 1 aromatic rings. The second kappa shape index (κ2) is 7.53. The van der Waals surface area contributed by atoms with E-state index in [2.05, 4.69) is 5.32 Å². The van der Waals surface area contributed by atoms with Crippen molar-refractivity contribution in [2.45, 2.75) is 25.8 Å². The van der Waals surface area contributed by atoms with Crippen molar-refractivity contribution >= 4 is 11.9 Å². The van der Waals surface area contributed by atoms with Gasteiger partial charge < -0.3 is 15.2 Å². The Balaban J connectivity index is 2.54. The number of carbonyl (C=O) groups excluding carboxylic acids is 1. The fraction of sp³-hybridized carbons (Fsp3) is 0.429. The van der Waals surface area contributed by atoms with Crippen LogP contribution in [0.5, 0.6) is 0 Å². The predicted molar refractivity (Wildman–Crippen MR) is 71.2 cm³/mol. The van der Waals surface area contributed by atoms with Crippen molar-refractivity contribution in [3.05, 3.63) is 35.4 Å². The highest BCUT2D eigenvalue weighted by molar-refractivity contribution is 5.87. The molecule has 0 aromatic heterocycles. The van der Waals surface area contributed by atoms with E-state index in [-0.39, 0.29) is 23.9 Å². The van der Waals surface area contributed by atoms with E-state index in [0.29, 0.717) is 6.61 Å². The lowest BCUT2D eigenvalue weighted by molar-refractivity contribution is -0.121. The monoisotopic (exact) mass is 265 g/mol. The SMILES string of the molecule is CCC(COC)NC(=O)Cc1ccc(C(=O)O)cc1. The molecule has 0 saturated carbocycles. The molecule has 0 radical (unpaired) electrons. The lowest BCUT2D eigenvalue weighted by atomic mass is 10.1. The molecule has 1 aromatic carbocycles. The Morgan fingerprint density at radius 2 is 1.95 bits per heavy atom. The minimum Gasteiger partial charge on any atom is -0.478 e. The van der Waals surface area contributed by atoms with Crippen LogP contribution in [0.3, 0.4) is 0 Å². The van der Waals surface area contributed by atoms with E-state index in [9.17, 15) is 9.59 Å². The molecule has 0 fully saturated rings. The van der Waals surface area contributed by atoms with E-state index < -0.39 is 5.97 Å². The highest BCUT2D eigenvalue weighted by atomic mass is 16.5. The van der Waals surface area contributed by atoms with Gasteiger partial charge in [0.2, 0.25) is 5.91 Å². The summed E-state index contributed by atoms with van der Waals surface area (Å²) in [7, 11) is 1.60. The number of benzene rings is 1. The van der Waals surface area contributed by atoms with Crippen LogP contribution in [0.4, 0.5) is 0 Å². The third kappa shape index (κ3) is 5.09. The third-order valence-electron chi connectivity index (χ3n) is 2.79. The molecule has 1 atom stereocenters. The number of rotatable bonds is 7. The highest BCUT2D eigenvalue weighted by Gasteiger charge is 2.11. The van der Waals surface area contributed by atoms with Gasteiger partial charge in [-0.2, -0.15) is 0 Å². The van der Waals surface area contributed by atoms with E-state index in [1.54, 1.807) is 19.2 Å². The van der Waals surface area contributed by atoms with Gasteiger partial charge in [-0.1, -0.05) is 19.1 Å². The molecular weight excluding hydrogens is 246 g/mol. The van der Waals surface area contributed by atoms with Crippen LogP contribution in [-0.2, 0) is 16.0 Å².